The Bertz CT molecular complexity index is 404. The molecular formula is C11H18BrN3O2. The Balaban J connectivity index is 2.90. The Morgan fingerprint density at radius 1 is 1.53 bits per heavy atom. The highest BCUT2D eigenvalue weighted by Gasteiger charge is 2.08. The van der Waals surface area contributed by atoms with Gasteiger partial charge in [-0.2, -0.15) is 5.10 Å². The molecule has 96 valence electrons. The van der Waals surface area contributed by atoms with Crippen molar-refractivity contribution in [2.45, 2.75) is 26.5 Å². The van der Waals surface area contributed by atoms with Crippen LogP contribution in [0.2, 0.25) is 0 Å². The van der Waals surface area contributed by atoms with E-state index in [9.17, 15) is 9.90 Å². The summed E-state index contributed by atoms with van der Waals surface area (Å²) in [6, 6.07) is 1.56. The van der Waals surface area contributed by atoms with Gasteiger partial charge in [0.1, 0.15) is 0 Å². The molecule has 0 saturated heterocycles. The van der Waals surface area contributed by atoms with E-state index in [1.165, 1.54) is 4.68 Å². The zero-order valence-electron chi connectivity index (χ0n) is 10.1. The quantitative estimate of drug-likeness (QED) is 0.792. The number of aromatic nitrogens is 2. The molecule has 0 aliphatic rings. The largest absolute Gasteiger partial charge is 0.390 e. The van der Waals surface area contributed by atoms with Crippen molar-refractivity contribution < 1.29 is 5.11 Å². The van der Waals surface area contributed by atoms with Crippen molar-refractivity contribution in [2.75, 3.05) is 23.3 Å². The predicted octanol–water partition coefficient (Wildman–Crippen LogP) is 0.845. The van der Waals surface area contributed by atoms with Crippen LogP contribution in [0.1, 0.15) is 13.8 Å². The van der Waals surface area contributed by atoms with Crippen LogP contribution < -0.4 is 10.5 Å². The number of rotatable bonds is 6. The second-order valence-corrected chi connectivity index (χ2v) is 4.36. The van der Waals surface area contributed by atoms with Crippen LogP contribution in [0.15, 0.2) is 17.1 Å². The van der Waals surface area contributed by atoms with E-state index in [0.29, 0.717) is 5.33 Å². The van der Waals surface area contributed by atoms with Gasteiger partial charge in [0.15, 0.2) is 0 Å². The van der Waals surface area contributed by atoms with Crippen LogP contribution in [-0.2, 0) is 6.54 Å². The van der Waals surface area contributed by atoms with Gasteiger partial charge in [0.05, 0.1) is 24.5 Å². The first-order valence-electron chi connectivity index (χ1n) is 5.68. The van der Waals surface area contributed by atoms with Crippen LogP contribution in [0, 0.1) is 0 Å². The monoisotopic (exact) mass is 303 g/mol. The van der Waals surface area contributed by atoms with Gasteiger partial charge in [-0.05, 0) is 13.8 Å². The van der Waals surface area contributed by atoms with Crippen LogP contribution in [-0.4, -0.2) is 39.4 Å². The maximum Gasteiger partial charge on any atom is 0.268 e. The van der Waals surface area contributed by atoms with E-state index >= 15 is 0 Å². The average Bonchev–Trinajstić information content (AvgIpc) is 2.33. The zero-order valence-corrected chi connectivity index (χ0v) is 11.7. The van der Waals surface area contributed by atoms with E-state index in [1.54, 1.807) is 12.3 Å². The summed E-state index contributed by atoms with van der Waals surface area (Å²) in [4.78, 5) is 13.8. The molecule has 0 aromatic carbocycles. The number of aliphatic hydroxyl groups is 1. The molecule has 0 radical (unpaired) electrons. The molecule has 0 aliphatic heterocycles. The van der Waals surface area contributed by atoms with Crippen LogP contribution >= 0.6 is 15.9 Å². The summed E-state index contributed by atoms with van der Waals surface area (Å²) < 4.78 is 1.28. The Morgan fingerprint density at radius 3 is 2.65 bits per heavy atom. The number of anilines is 1. The standard InChI is InChI=1S/C11H18BrN3O2/c1-3-14(4-2)9-5-11(17)15(13-7-9)8-10(16)6-12/h5,7,10,16H,3-4,6,8H2,1-2H3. The fraction of sp³-hybridized carbons (Fsp3) is 0.636. The van der Waals surface area contributed by atoms with E-state index < -0.39 is 6.10 Å². The number of halogens is 1. The van der Waals surface area contributed by atoms with Crippen molar-refractivity contribution >= 4 is 21.6 Å². The first kappa shape index (κ1) is 14.2. The van der Waals surface area contributed by atoms with Crippen molar-refractivity contribution in [3.05, 3.63) is 22.6 Å². The van der Waals surface area contributed by atoms with E-state index in [0.717, 1.165) is 18.8 Å². The number of nitrogens with zero attached hydrogens (tertiary/aromatic N) is 3. The molecule has 1 aromatic heterocycles. The number of hydrogen-bond acceptors (Lipinski definition) is 4. The van der Waals surface area contributed by atoms with Gasteiger partial charge in [-0.15, -0.1) is 0 Å². The molecule has 5 nitrogen and oxygen atoms in total. The summed E-state index contributed by atoms with van der Waals surface area (Å²) in [7, 11) is 0. The fourth-order valence-electron chi connectivity index (χ4n) is 1.57. The summed E-state index contributed by atoms with van der Waals surface area (Å²) >= 11 is 3.16. The molecule has 6 heteroatoms. The number of aliphatic hydroxyl groups excluding tert-OH is 1. The first-order chi connectivity index (χ1) is 8.12. The van der Waals surface area contributed by atoms with Gasteiger partial charge in [-0.25, -0.2) is 4.68 Å². The summed E-state index contributed by atoms with van der Waals surface area (Å²) in [6.45, 7) is 5.95. The number of hydrogen-bond donors (Lipinski definition) is 1. The predicted molar refractivity (Wildman–Crippen MR) is 71.9 cm³/mol. The van der Waals surface area contributed by atoms with Gasteiger partial charge >= 0.3 is 0 Å². The topological polar surface area (TPSA) is 58.4 Å². The summed E-state index contributed by atoms with van der Waals surface area (Å²) in [5.41, 5.74) is 0.638. The average molecular weight is 304 g/mol. The van der Waals surface area contributed by atoms with Crippen molar-refractivity contribution in [2.24, 2.45) is 0 Å². The van der Waals surface area contributed by atoms with Crippen molar-refractivity contribution in [3.8, 4) is 0 Å². The minimum Gasteiger partial charge on any atom is -0.390 e. The lowest BCUT2D eigenvalue weighted by Gasteiger charge is -2.20. The summed E-state index contributed by atoms with van der Waals surface area (Å²) in [6.07, 6.45) is 1.06. The van der Waals surface area contributed by atoms with Gasteiger partial charge < -0.3 is 10.0 Å². The lowest BCUT2D eigenvalue weighted by molar-refractivity contribution is 0.172. The minimum absolute atomic E-state index is 0.186. The number of alkyl halides is 1. The van der Waals surface area contributed by atoms with Crippen LogP contribution in [0.3, 0.4) is 0 Å². The van der Waals surface area contributed by atoms with E-state index in [-0.39, 0.29) is 12.1 Å². The molecule has 0 spiro atoms. The lowest BCUT2D eigenvalue weighted by Crippen LogP contribution is -2.31. The molecule has 0 aliphatic carbocycles. The summed E-state index contributed by atoms with van der Waals surface area (Å²) in [5, 5.41) is 13.9. The summed E-state index contributed by atoms with van der Waals surface area (Å²) in [5.74, 6) is 0. The molecular weight excluding hydrogens is 286 g/mol. The molecule has 17 heavy (non-hydrogen) atoms. The highest BCUT2D eigenvalue weighted by atomic mass is 79.9. The minimum atomic E-state index is -0.598. The van der Waals surface area contributed by atoms with Gasteiger partial charge in [-0.3, -0.25) is 4.79 Å². The molecule has 0 fully saturated rings. The van der Waals surface area contributed by atoms with E-state index in [1.807, 2.05) is 13.8 Å². The van der Waals surface area contributed by atoms with Gasteiger partial charge in [0.25, 0.3) is 5.56 Å². The van der Waals surface area contributed by atoms with Gasteiger partial charge in [0.2, 0.25) is 0 Å². The molecule has 1 unspecified atom stereocenters. The third-order valence-corrected chi connectivity index (χ3v) is 3.29. The van der Waals surface area contributed by atoms with Gasteiger partial charge in [0, 0.05) is 24.5 Å². The third kappa shape index (κ3) is 3.81. The molecule has 0 saturated carbocycles. The highest BCUT2D eigenvalue weighted by molar-refractivity contribution is 9.09. The molecule has 1 rings (SSSR count). The smallest absolute Gasteiger partial charge is 0.268 e. The highest BCUT2D eigenvalue weighted by Crippen LogP contribution is 2.08. The van der Waals surface area contributed by atoms with Crippen LogP contribution in [0.5, 0.6) is 0 Å². The Kier molecular flexibility index (Phi) is 5.64. The second kappa shape index (κ2) is 6.76. The molecule has 1 N–H and O–H groups in total. The normalized spacial score (nSPS) is 12.5. The van der Waals surface area contributed by atoms with E-state index in [2.05, 4.69) is 25.9 Å². The van der Waals surface area contributed by atoms with Crippen LogP contribution in [0.25, 0.3) is 0 Å². The Morgan fingerprint density at radius 2 is 2.18 bits per heavy atom. The third-order valence-electron chi connectivity index (χ3n) is 2.55. The Hall–Kier alpha value is -0.880. The maximum absolute atomic E-state index is 11.8. The SMILES string of the molecule is CCN(CC)c1cnn(CC(O)CBr)c(=O)c1. The van der Waals surface area contributed by atoms with Crippen molar-refractivity contribution in [3.63, 3.8) is 0 Å². The molecule has 1 atom stereocenters. The molecule has 0 bridgehead atoms. The van der Waals surface area contributed by atoms with Crippen molar-refractivity contribution in [1.29, 1.82) is 0 Å². The fourth-order valence-corrected chi connectivity index (χ4v) is 1.78. The lowest BCUT2D eigenvalue weighted by atomic mass is 10.3. The van der Waals surface area contributed by atoms with Crippen molar-refractivity contribution in [1.82, 2.24) is 9.78 Å². The molecule has 1 aromatic rings. The molecule has 0 amide bonds. The van der Waals surface area contributed by atoms with Crippen LogP contribution in [0.4, 0.5) is 5.69 Å². The first-order valence-corrected chi connectivity index (χ1v) is 6.80. The second-order valence-electron chi connectivity index (χ2n) is 3.71. The Labute approximate surface area is 109 Å². The zero-order chi connectivity index (χ0) is 12.8. The molecule has 1 heterocycles. The van der Waals surface area contributed by atoms with Gasteiger partial charge in [-0.1, -0.05) is 15.9 Å². The van der Waals surface area contributed by atoms with E-state index in [4.69, 9.17) is 0 Å². The maximum atomic E-state index is 11.8.